The van der Waals surface area contributed by atoms with E-state index in [9.17, 15) is 24.9 Å². The predicted molar refractivity (Wildman–Crippen MR) is 165 cm³/mol. The number of hydrogen-bond acceptors (Lipinski definition) is 5. The fraction of sp³-hybridized carbons (Fsp3) is 0.829. The van der Waals surface area contributed by atoms with Crippen LogP contribution in [-0.4, -0.2) is 51.6 Å². The van der Waals surface area contributed by atoms with E-state index in [4.69, 9.17) is 6.42 Å². The van der Waals surface area contributed by atoms with Gasteiger partial charge in [0.15, 0.2) is 0 Å². The van der Waals surface area contributed by atoms with E-state index < -0.39 is 18.4 Å². The summed E-state index contributed by atoms with van der Waals surface area (Å²) in [5.74, 6) is 4.09. The molecule has 0 aromatic heterocycles. The zero-order valence-electron chi connectivity index (χ0n) is 26.4. The zero-order valence-corrected chi connectivity index (χ0v) is 26.4. The molecule has 0 aromatic rings. The summed E-state index contributed by atoms with van der Waals surface area (Å²) in [5, 5.41) is 38.8. The number of rotatable bonds is 11. The highest BCUT2D eigenvalue weighted by atomic mass is 16.3. The van der Waals surface area contributed by atoms with Gasteiger partial charge in [-0.3, -0.25) is 9.59 Å². The summed E-state index contributed by atoms with van der Waals surface area (Å²) in [6.45, 7) is 9.12. The lowest BCUT2D eigenvalue weighted by molar-refractivity contribution is -0.223. The Labute approximate surface area is 253 Å². The molecule has 4 aliphatic carbocycles. The van der Waals surface area contributed by atoms with Gasteiger partial charge in [0.25, 0.3) is 0 Å². The topological polar surface area (TPSA) is 119 Å². The Morgan fingerprint density at radius 3 is 2.43 bits per heavy atom. The number of carbonyl (C=O) groups excluding carboxylic acids is 2. The minimum absolute atomic E-state index is 0.0174. The summed E-state index contributed by atoms with van der Waals surface area (Å²) in [6, 6.07) is 0. The van der Waals surface area contributed by atoms with Crippen LogP contribution in [0, 0.1) is 58.7 Å². The van der Waals surface area contributed by atoms with Crippen LogP contribution >= 0.6 is 0 Å². The number of nitrogens with one attached hydrogen (secondary N) is 2. The molecule has 0 saturated heterocycles. The zero-order chi connectivity index (χ0) is 30.7. The van der Waals surface area contributed by atoms with Gasteiger partial charge in [-0.15, -0.1) is 12.3 Å². The molecule has 12 atom stereocenters. The van der Waals surface area contributed by atoms with Crippen LogP contribution in [0.25, 0.3) is 0 Å². The number of carbonyl (C=O) groups is 2. The average molecular weight is 585 g/mol. The van der Waals surface area contributed by atoms with E-state index in [0.29, 0.717) is 36.5 Å². The average Bonchev–Trinajstić information content (AvgIpc) is 3.30. The van der Waals surface area contributed by atoms with Crippen LogP contribution in [0.3, 0.4) is 0 Å². The van der Waals surface area contributed by atoms with E-state index in [1.54, 1.807) is 6.08 Å². The Balaban J connectivity index is 1.32. The van der Waals surface area contributed by atoms with E-state index in [2.05, 4.69) is 37.3 Å². The fourth-order valence-electron chi connectivity index (χ4n) is 10.0. The molecule has 0 spiro atoms. The van der Waals surface area contributed by atoms with Crippen LogP contribution in [0.5, 0.6) is 0 Å². The van der Waals surface area contributed by atoms with Crippen LogP contribution in [0.2, 0.25) is 0 Å². The monoisotopic (exact) mass is 584 g/mol. The van der Waals surface area contributed by atoms with Gasteiger partial charge in [-0.1, -0.05) is 40.2 Å². The summed E-state index contributed by atoms with van der Waals surface area (Å²) in [5.41, 5.74) is 0.120. The summed E-state index contributed by atoms with van der Waals surface area (Å²) in [6.07, 6.45) is 17.5. The normalized spacial score (nSPS) is 40.7. The standard InChI is InChI=1S/C35H56N2O5/c1-6-8-13-29(39)36-28(11-7-2)37-30(40)14-10-9-12-22(3)24-15-16-25-31-26(18-20-34(24,25)4)35(5)19-17-23(38)21-27(35)32(41)33(31)42/h2,10,14,22-28,31-33,38,41-42H,6,8-9,11-13,15-21H2,1,3-5H3,(H,36,39)(H,37,40). The van der Waals surface area contributed by atoms with Crippen molar-refractivity contribution in [2.45, 2.75) is 136 Å². The molecule has 7 nitrogen and oxygen atoms in total. The Morgan fingerprint density at radius 2 is 1.71 bits per heavy atom. The predicted octanol–water partition coefficient (Wildman–Crippen LogP) is 4.69. The Morgan fingerprint density at radius 1 is 1.00 bits per heavy atom. The molecule has 236 valence electrons. The van der Waals surface area contributed by atoms with Crippen molar-refractivity contribution in [3.63, 3.8) is 0 Å². The molecule has 7 heteroatoms. The SMILES string of the molecule is C#CCC(NC(=O)C=CCCC(C)C1CCC2C3C(O)C(O)C4CC(O)CCC4(C)C3CCC12C)NC(=O)CCCC. The summed E-state index contributed by atoms with van der Waals surface area (Å²) in [4.78, 5) is 24.6. The van der Waals surface area contributed by atoms with E-state index in [0.717, 1.165) is 64.2 Å². The van der Waals surface area contributed by atoms with Gasteiger partial charge in [-0.25, -0.2) is 0 Å². The van der Waals surface area contributed by atoms with Gasteiger partial charge in [0.1, 0.15) is 6.17 Å². The maximum atomic E-state index is 12.5. The molecule has 0 aromatic carbocycles. The van der Waals surface area contributed by atoms with Gasteiger partial charge >= 0.3 is 0 Å². The van der Waals surface area contributed by atoms with Gasteiger partial charge < -0.3 is 26.0 Å². The molecule has 0 bridgehead atoms. The number of hydrogen-bond donors (Lipinski definition) is 5. The molecule has 0 aliphatic heterocycles. The fourth-order valence-corrected chi connectivity index (χ4v) is 10.0. The number of amides is 2. The van der Waals surface area contributed by atoms with Gasteiger partial charge in [-0.05, 0) is 117 Å². The third kappa shape index (κ3) is 6.61. The minimum Gasteiger partial charge on any atom is -0.393 e. The number of terminal acetylenes is 1. The molecule has 2 amide bonds. The van der Waals surface area contributed by atoms with Crippen molar-refractivity contribution in [1.82, 2.24) is 10.6 Å². The Hall–Kier alpha value is -1.88. The van der Waals surface area contributed by atoms with Crippen molar-refractivity contribution in [3.05, 3.63) is 12.2 Å². The van der Waals surface area contributed by atoms with Crippen LogP contribution < -0.4 is 10.6 Å². The molecule has 42 heavy (non-hydrogen) atoms. The first-order valence-corrected chi connectivity index (χ1v) is 16.7. The molecular formula is C35H56N2O5. The lowest BCUT2D eigenvalue weighted by atomic mass is 9.43. The second-order valence-corrected chi connectivity index (χ2v) is 14.6. The highest BCUT2D eigenvalue weighted by Gasteiger charge is 2.65. The number of fused-ring (bicyclic) bond motifs is 5. The van der Waals surface area contributed by atoms with Gasteiger partial charge in [-0.2, -0.15) is 0 Å². The van der Waals surface area contributed by atoms with Crippen molar-refractivity contribution in [2.24, 2.45) is 46.3 Å². The molecule has 12 unspecified atom stereocenters. The van der Waals surface area contributed by atoms with Crippen molar-refractivity contribution < 1.29 is 24.9 Å². The summed E-state index contributed by atoms with van der Waals surface area (Å²) < 4.78 is 0. The van der Waals surface area contributed by atoms with Gasteiger partial charge in [0.2, 0.25) is 11.8 Å². The molecule has 4 rings (SSSR count). The van der Waals surface area contributed by atoms with Gasteiger partial charge in [0.05, 0.1) is 18.3 Å². The van der Waals surface area contributed by atoms with Crippen molar-refractivity contribution in [2.75, 3.05) is 0 Å². The minimum atomic E-state index is -0.758. The molecule has 4 fully saturated rings. The second kappa shape index (κ2) is 13.8. The van der Waals surface area contributed by atoms with Crippen LogP contribution in [0.1, 0.15) is 111 Å². The number of allylic oxidation sites excluding steroid dienone is 1. The highest BCUT2D eigenvalue weighted by molar-refractivity contribution is 5.88. The van der Waals surface area contributed by atoms with Crippen molar-refractivity contribution in [3.8, 4) is 12.3 Å². The van der Waals surface area contributed by atoms with Crippen molar-refractivity contribution in [1.29, 1.82) is 0 Å². The first kappa shape index (κ1) is 33.0. The van der Waals surface area contributed by atoms with Crippen LogP contribution in [0.4, 0.5) is 0 Å². The van der Waals surface area contributed by atoms with E-state index in [1.807, 2.05) is 13.0 Å². The molecule has 0 heterocycles. The maximum Gasteiger partial charge on any atom is 0.245 e. The largest absolute Gasteiger partial charge is 0.393 e. The van der Waals surface area contributed by atoms with E-state index in [-0.39, 0.29) is 47.0 Å². The quantitative estimate of drug-likeness (QED) is 0.137. The van der Waals surface area contributed by atoms with Gasteiger partial charge in [0, 0.05) is 12.8 Å². The molecule has 5 N–H and O–H groups in total. The molecule has 4 aliphatic rings. The third-order valence-electron chi connectivity index (χ3n) is 12.3. The molecule has 0 radical (unpaired) electrons. The third-order valence-corrected chi connectivity index (χ3v) is 12.3. The second-order valence-electron chi connectivity index (χ2n) is 14.6. The number of aliphatic hydroxyl groups excluding tert-OH is 3. The maximum absolute atomic E-state index is 12.5. The summed E-state index contributed by atoms with van der Waals surface area (Å²) in [7, 11) is 0. The molecular weight excluding hydrogens is 528 g/mol. The van der Waals surface area contributed by atoms with E-state index >= 15 is 0 Å². The van der Waals surface area contributed by atoms with Crippen molar-refractivity contribution >= 4 is 11.8 Å². The smallest absolute Gasteiger partial charge is 0.245 e. The lowest BCUT2D eigenvalue weighted by Gasteiger charge is -2.63. The first-order valence-electron chi connectivity index (χ1n) is 16.7. The van der Waals surface area contributed by atoms with E-state index in [1.165, 1.54) is 0 Å². The van der Waals surface area contributed by atoms with Crippen LogP contribution in [0.15, 0.2) is 12.2 Å². The number of unbranched alkanes of at least 4 members (excludes halogenated alkanes) is 1. The first-order chi connectivity index (χ1) is 20.0. The molecule has 4 saturated carbocycles. The Bertz CT molecular complexity index is 1020. The van der Waals surface area contributed by atoms with Crippen LogP contribution in [-0.2, 0) is 9.59 Å². The lowest BCUT2D eigenvalue weighted by Crippen LogP contribution is -2.64. The summed E-state index contributed by atoms with van der Waals surface area (Å²) >= 11 is 0. The Kier molecular flexibility index (Phi) is 10.9. The number of aliphatic hydroxyl groups is 3. The highest BCUT2D eigenvalue weighted by Crippen LogP contribution is 2.68.